The van der Waals surface area contributed by atoms with E-state index >= 15 is 0 Å². The maximum atomic E-state index is 12.1. The molecule has 96 valence electrons. The summed E-state index contributed by atoms with van der Waals surface area (Å²) in [5, 5.41) is 3.42. The highest BCUT2D eigenvalue weighted by atomic mass is 35.5. The van der Waals surface area contributed by atoms with Gasteiger partial charge >= 0.3 is 0 Å². The highest BCUT2D eigenvalue weighted by Crippen LogP contribution is 2.28. The predicted octanol–water partition coefficient (Wildman–Crippen LogP) is 3.99. The molecule has 1 aromatic rings. The molecule has 18 heavy (non-hydrogen) atoms. The largest absolute Gasteiger partial charge is 0.323 e. The molecule has 1 atom stereocenters. The molecule has 0 spiro atoms. The Balaban J connectivity index is 2.14. The fourth-order valence-corrected chi connectivity index (χ4v) is 2.58. The first-order chi connectivity index (χ1) is 8.58. The van der Waals surface area contributed by atoms with Crippen LogP contribution in [0.5, 0.6) is 0 Å². The van der Waals surface area contributed by atoms with Crippen LogP contribution >= 0.6 is 23.2 Å². The summed E-state index contributed by atoms with van der Waals surface area (Å²) >= 11 is 11.8. The molecule has 3 nitrogen and oxygen atoms in total. The molecule has 0 radical (unpaired) electrons. The number of hydrogen-bond donors (Lipinski definition) is 1. The van der Waals surface area contributed by atoms with E-state index in [1.807, 2.05) is 13.0 Å². The van der Waals surface area contributed by atoms with Gasteiger partial charge in [0.2, 0.25) is 5.91 Å². The number of aromatic nitrogens is 1. The molecule has 0 aliphatic heterocycles. The number of nitrogens with one attached hydrogen (secondary N) is 1. The summed E-state index contributed by atoms with van der Waals surface area (Å²) in [5.41, 5.74) is 1.38. The summed E-state index contributed by atoms with van der Waals surface area (Å²) in [6, 6.07) is 1.68. The molecular weight excluding hydrogens is 271 g/mol. The Morgan fingerprint density at radius 1 is 1.44 bits per heavy atom. The number of aryl methyl sites for hydroxylation is 1. The van der Waals surface area contributed by atoms with Gasteiger partial charge in [0.25, 0.3) is 0 Å². The summed E-state index contributed by atoms with van der Waals surface area (Å²) in [6.45, 7) is 1.84. The van der Waals surface area contributed by atoms with Crippen LogP contribution in [0.4, 0.5) is 5.69 Å². The predicted molar refractivity (Wildman–Crippen MR) is 74.1 cm³/mol. The number of anilines is 1. The maximum Gasteiger partial charge on any atom is 0.227 e. The number of allylic oxidation sites excluding steroid dienone is 2. The maximum absolute atomic E-state index is 12.1. The zero-order valence-electron chi connectivity index (χ0n) is 10.0. The van der Waals surface area contributed by atoms with Gasteiger partial charge in [-0.15, -0.1) is 0 Å². The number of amides is 1. The number of rotatable bonds is 2. The van der Waals surface area contributed by atoms with Crippen LogP contribution in [-0.2, 0) is 4.79 Å². The summed E-state index contributed by atoms with van der Waals surface area (Å²) < 4.78 is 0. The van der Waals surface area contributed by atoms with E-state index in [0.29, 0.717) is 10.8 Å². The number of hydrogen-bond acceptors (Lipinski definition) is 2. The van der Waals surface area contributed by atoms with E-state index in [1.165, 1.54) is 0 Å². The van der Waals surface area contributed by atoms with Crippen molar-refractivity contribution >= 4 is 34.8 Å². The Labute approximate surface area is 116 Å². The van der Waals surface area contributed by atoms with Crippen molar-refractivity contribution in [3.8, 4) is 0 Å². The molecule has 0 bridgehead atoms. The van der Waals surface area contributed by atoms with E-state index in [4.69, 9.17) is 23.2 Å². The SMILES string of the molecule is Cc1cc(Cl)nc(Cl)c1NC(=O)C1CC=CCC1. The van der Waals surface area contributed by atoms with Crippen LogP contribution in [0.3, 0.4) is 0 Å². The van der Waals surface area contributed by atoms with Gasteiger partial charge in [-0.1, -0.05) is 35.4 Å². The van der Waals surface area contributed by atoms with E-state index < -0.39 is 0 Å². The van der Waals surface area contributed by atoms with Crippen LogP contribution in [0.1, 0.15) is 24.8 Å². The lowest BCUT2D eigenvalue weighted by molar-refractivity contribution is -0.120. The van der Waals surface area contributed by atoms with Gasteiger partial charge in [0.1, 0.15) is 5.15 Å². The van der Waals surface area contributed by atoms with E-state index in [1.54, 1.807) is 6.07 Å². The first kappa shape index (κ1) is 13.4. The quantitative estimate of drug-likeness (QED) is 0.659. The number of carbonyl (C=O) groups excluding carboxylic acids is 1. The lowest BCUT2D eigenvalue weighted by atomic mass is 9.93. The third-order valence-corrected chi connectivity index (χ3v) is 3.50. The molecule has 1 aliphatic carbocycles. The minimum absolute atomic E-state index is 0.00604. The van der Waals surface area contributed by atoms with Gasteiger partial charge in [-0.3, -0.25) is 4.79 Å². The summed E-state index contributed by atoms with van der Waals surface area (Å²) in [5.74, 6) is 0.00890. The van der Waals surface area contributed by atoms with Crippen molar-refractivity contribution in [2.24, 2.45) is 5.92 Å². The Hall–Kier alpha value is -1.06. The third-order valence-electron chi connectivity index (χ3n) is 3.03. The summed E-state index contributed by atoms with van der Waals surface area (Å²) in [7, 11) is 0. The van der Waals surface area contributed by atoms with Crippen molar-refractivity contribution in [3.63, 3.8) is 0 Å². The third kappa shape index (κ3) is 3.03. The molecule has 0 saturated heterocycles. The number of halogens is 2. The summed E-state index contributed by atoms with van der Waals surface area (Å²) in [4.78, 5) is 16.0. The second kappa shape index (κ2) is 5.72. The second-order valence-electron chi connectivity index (χ2n) is 4.40. The van der Waals surface area contributed by atoms with Crippen molar-refractivity contribution in [2.75, 3.05) is 5.32 Å². The first-order valence-corrected chi connectivity index (χ1v) is 6.62. The molecule has 1 amide bonds. The average Bonchev–Trinajstić information content (AvgIpc) is 2.34. The normalized spacial score (nSPS) is 18.7. The van der Waals surface area contributed by atoms with Crippen molar-refractivity contribution in [1.29, 1.82) is 0 Å². The molecule has 1 heterocycles. The van der Waals surface area contributed by atoms with Crippen molar-refractivity contribution < 1.29 is 4.79 Å². The van der Waals surface area contributed by atoms with Gasteiger partial charge in [-0.25, -0.2) is 4.98 Å². The number of carbonyl (C=O) groups is 1. The summed E-state index contributed by atoms with van der Waals surface area (Å²) in [6.07, 6.45) is 6.75. The van der Waals surface area contributed by atoms with E-state index in [0.717, 1.165) is 24.8 Å². The Bertz CT molecular complexity index is 477. The molecular formula is C13H14Cl2N2O. The van der Waals surface area contributed by atoms with Crippen molar-refractivity contribution in [2.45, 2.75) is 26.2 Å². The molecule has 1 aliphatic rings. The zero-order chi connectivity index (χ0) is 13.1. The number of pyridine rings is 1. The molecule has 1 unspecified atom stereocenters. The highest BCUT2D eigenvalue weighted by molar-refractivity contribution is 6.34. The van der Waals surface area contributed by atoms with Crippen LogP contribution in [0, 0.1) is 12.8 Å². The van der Waals surface area contributed by atoms with E-state index in [2.05, 4.69) is 16.4 Å². The highest BCUT2D eigenvalue weighted by Gasteiger charge is 2.20. The van der Waals surface area contributed by atoms with Gasteiger partial charge < -0.3 is 5.32 Å². The van der Waals surface area contributed by atoms with Crippen molar-refractivity contribution in [1.82, 2.24) is 4.98 Å². The fraction of sp³-hybridized carbons (Fsp3) is 0.385. The average molecular weight is 285 g/mol. The van der Waals surface area contributed by atoms with E-state index in [-0.39, 0.29) is 17.0 Å². The van der Waals surface area contributed by atoms with Gasteiger partial charge in [0.05, 0.1) is 5.69 Å². The standard InChI is InChI=1S/C13H14Cl2N2O/c1-8-7-10(14)16-12(15)11(8)17-13(18)9-5-3-2-4-6-9/h2-3,7,9H,4-6H2,1H3,(H,17,18). The Morgan fingerprint density at radius 3 is 2.83 bits per heavy atom. The molecule has 0 saturated carbocycles. The van der Waals surface area contributed by atoms with Gasteiger partial charge in [-0.2, -0.15) is 0 Å². The lowest BCUT2D eigenvalue weighted by Gasteiger charge is -2.18. The van der Waals surface area contributed by atoms with Crippen molar-refractivity contribution in [3.05, 3.63) is 34.1 Å². The van der Waals surface area contributed by atoms with Gasteiger partial charge in [0, 0.05) is 5.92 Å². The molecule has 1 aromatic heterocycles. The number of nitrogens with zero attached hydrogens (tertiary/aromatic N) is 1. The van der Waals surface area contributed by atoms with Gasteiger partial charge in [0.15, 0.2) is 5.15 Å². The van der Waals surface area contributed by atoms with Crippen LogP contribution in [0.15, 0.2) is 18.2 Å². The molecule has 0 aromatic carbocycles. The minimum atomic E-state index is -0.00604. The Kier molecular flexibility index (Phi) is 4.25. The Morgan fingerprint density at radius 2 is 2.22 bits per heavy atom. The molecule has 2 rings (SSSR count). The fourth-order valence-electron chi connectivity index (χ4n) is 2.00. The zero-order valence-corrected chi connectivity index (χ0v) is 11.6. The second-order valence-corrected chi connectivity index (χ2v) is 5.14. The van der Waals surface area contributed by atoms with Gasteiger partial charge in [-0.05, 0) is 37.8 Å². The molecule has 0 fully saturated rings. The topological polar surface area (TPSA) is 42.0 Å². The molecule has 5 heteroatoms. The van der Waals surface area contributed by atoms with Crippen LogP contribution < -0.4 is 5.32 Å². The van der Waals surface area contributed by atoms with Crippen LogP contribution in [-0.4, -0.2) is 10.9 Å². The smallest absolute Gasteiger partial charge is 0.227 e. The monoisotopic (exact) mass is 284 g/mol. The first-order valence-electron chi connectivity index (χ1n) is 5.86. The van der Waals surface area contributed by atoms with E-state index in [9.17, 15) is 4.79 Å². The molecule has 1 N–H and O–H groups in total. The van der Waals surface area contributed by atoms with Crippen LogP contribution in [0.2, 0.25) is 10.3 Å². The minimum Gasteiger partial charge on any atom is -0.323 e. The van der Waals surface area contributed by atoms with Crippen LogP contribution in [0.25, 0.3) is 0 Å². The lowest BCUT2D eigenvalue weighted by Crippen LogP contribution is -2.24.